The molecule has 0 heterocycles. The molecular formula is C13H24N4O. The van der Waals surface area contributed by atoms with Gasteiger partial charge < -0.3 is 11.1 Å². The van der Waals surface area contributed by atoms with Gasteiger partial charge in [-0.15, -0.1) is 0 Å². The van der Waals surface area contributed by atoms with E-state index in [2.05, 4.69) is 11.4 Å². The van der Waals surface area contributed by atoms with E-state index in [9.17, 15) is 10.1 Å². The average molecular weight is 252 g/mol. The quantitative estimate of drug-likeness (QED) is 0.725. The van der Waals surface area contributed by atoms with Crippen LogP contribution in [-0.4, -0.2) is 43.0 Å². The Hall–Kier alpha value is -1.12. The maximum absolute atomic E-state index is 11.9. The van der Waals surface area contributed by atoms with Gasteiger partial charge in [-0.05, 0) is 39.4 Å². The van der Waals surface area contributed by atoms with E-state index in [0.717, 1.165) is 45.1 Å². The van der Waals surface area contributed by atoms with Crippen LogP contribution >= 0.6 is 0 Å². The van der Waals surface area contributed by atoms with Crippen LogP contribution in [-0.2, 0) is 4.79 Å². The van der Waals surface area contributed by atoms with Crippen molar-refractivity contribution in [1.82, 2.24) is 10.2 Å². The Morgan fingerprint density at radius 2 is 2.11 bits per heavy atom. The molecule has 1 aliphatic carbocycles. The molecule has 3 N–H and O–H groups in total. The summed E-state index contributed by atoms with van der Waals surface area (Å²) in [5.41, 5.74) is 4.81. The Morgan fingerprint density at radius 1 is 1.44 bits per heavy atom. The van der Waals surface area contributed by atoms with Crippen LogP contribution in [0.5, 0.6) is 0 Å². The molecule has 102 valence electrons. The van der Waals surface area contributed by atoms with E-state index in [1.165, 1.54) is 0 Å². The van der Waals surface area contributed by atoms with Gasteiger partial charge in [0.05, 0.1) is 12.6 Å². The number of nitrogens with zero attached hydrogens (tertiary/aromatic N) is 2. The van der Waals surface area contributed by atoms with Gasteiger partial charge in [-0.25, -0.2) is 0 Å². The van der Waals surface area contributed by atoms with E-state index in [1.54, 1.807) is 0 Å². The van der Waals surface area contributed by atoms with Gasteiger partial charge in [0.15, 0.2) is 0 Å². The summed E-state index contributed by atoms with van der Waals surface area (Å²) < 4.78 is 0. The second kappa shape index (κ2) is 7.34. The molecule has 0 atom stereocenters. The lowest BCUT2D eigenvalue weighted by molar-refractivity contribution is -0.123. The number of carbonyl (C=O) groups excluding carboxylic acids is 1. The first-order valence-electron chi connectivity index (χ1n) is 6.73. The molecule has 0 unspecified atom stereocenters. The number of hydrogen-bond donors (Lipinski definition) is 2. The third-order valence-electron chi connectivity index (χ3n) is 3.46. The molecule has 0 aromatic carbocycles. The normalized spacial score (nSPS) is 18.3. The monoisotopic (exact) mass is 252 g/mol. The zero-order valence-electron chi connectivity index (χ0n) is 11.2. The molecule has 0 aliphatic heterocycles. The van der Waals surface area contributed by atoms with E-state index < -0.39 is 5.54 Å². The Labute approximate surface area is 109 Å². The predicted octanol–water partition coefficient (Wildman–Crippen LogP) is 0.610. The van der Waals surface area contributed by atoms with Crippen LogP contribution in [0.4, 0.5) is 0 Å². The van der Waals surface area contributed by atoms with Gasteiger partial charge in [-0.1, -0.05) is 19.3 Å². The summed E-state index contributed by atoms with van der Waals surface area (Å²) in [6, 6.07) is 2.29. The van der Waals surface area contributed by atoms with E-state index >= 15 is 0 Å². The summed E-state index contributed by atoms with van der Waals surface area (Å²) in [7, 11) is 1.90. The fraction of sp³-hybridized carbons (Fsp3) is 0.846. The van der Waals surface area contributed by atoms with E-state index in [-0.39, 0.29) is 5.91 Å². The van der Waals surface area contributed by atoms with Crippen LogP contribution in [0.3, 0.4) is 0 Å². The first-order chi connectivity index (χ1) is 8.62. The third kappa shape index (κ3) is 4.63. The first-order valence-corrected chi connectivity index (χ1v) is 6.73. The van der Waals surface area contributed by atoms with E-state index in [1.807, 2.05) is 11.9 Å². The summed E-state index contributed by atoms with van der Waals surface area (Å²) in [4.78, 5) is 13.9. The molecule has 1 fully saturated rings. The second-order valence-electron chi connectivity index (χ2n) is 5.18. The van der Waals surface area contributed by atoms with Crippen molar-refractivity contribution in [1.29, 1.82) is 5.26 Å². The highest BCUT2D eigenvalue weighted by molar-refractivity contribution is 5.79. The predicted molar refractivity (Wildman–Crippen MR) is 70.7 cm³/mol. The van der Waals surface area contributed by atoms with Gasteiger partial charge in [0, 0.05) is 0 Å². The second-order valence-corrected chi connectivity index (χ2v) is 5.18. The first kappa shape index (κ1) is 14.9. The summed E-state index contributed by atoms with van der Waals surface area (Å²) in [6.07, 6.45) is 5.65. The molecule has 1 saturated carbocycles. The smallest absolute Gasteiger partial charge is 0.235 e. The van der Waals surface area contributed by atoms with E-state index in [0.29, 0.717) is 13.1 Å². The van der Waals surface area contributed by atoms with Crippen LogP contribution in [0.1, 0.15) is 38.5 Å². The number of nitrogens with two attached hydrogens (primary N) is 1. The fourth-order valence-electron chi connectivity index (χ4n) is 2.41. The topological polar surface area (TPSA) is 82.2 Å². The number of carbonyl (C=O) groups is 1. The van der Waals surface area contributed by atoms with Crippen LogP contribution in [0.25, 0.3) is 0 Å². The number of nitriles is 1. The lowest BCUT2D eigenvalue weighted by Gasteiger charge is -2.32. The number of nitrogens with one attached hydrogen (secondary N) is 1. The van der Waals surface area contributed by atoms with Crippen molar-refractivity contribution in [3.05, 3.63) is 0 Å². The Bertz CT molecular complexity index is 305. The molecule has 5 nitrogen and oxygen atoms in total. The summed E-state index contributed by atoms with van der Waals surface area (Å²) in [5, 5.41) is 12.2. The SMILES string of the molecule is CN(CCCN)CC(=O)NC1(C#N)CCCCC1. The molecule has 0 radical (unpaired) electrons. The number of amides is 1. The minimum Gasteiger partial charge on any atom is -0.337 e. The Balaban J connectivity index is 2.40. The average Bonchev–Trinajstić information content (AvgIpc) is 2.37. The van der Waals surface area contributed by atoms with Gasteiger partial charge in [-0.3, -0.25) is 9.69 Å². The van der Waals surface area contributed by atoms with Crippen molar-refractivity contribution in [2.24, 2.45) is 5.73 Å². The molecule has 0 spiro atoms. The molecule has 1 rings (SSSR count). The van der Waals surface area contributed by atoms with Crippen LogP contribution in [0.15, 0.2) is 0 Å². The highest BCUT2D eigenvalue weighted by Gasteiger charge is 2.33. The number of likely N-dealkylation sites (N-methyl/N-ethyl adjacent to an activating group) is 1. The van der Waals surface area contributed by atoms with Crippen molar-refractivity contribution in [2.75, 3.05) is 26.7 Å². The zero-order chi connectivity index (χ0) is 13.4. The van der Waals surface area contributed by atoms with Crippen LogP contribution < -0.4 is 11.1 Å². The van der Waals surface area contributed by atoms with Crippen molar-refractivity contribution < 1.29 is 4.79 Å². The van der Waals surface area contributed by atoms with Gasteiger partial charge in [-0.2, -0.15) is 5.26 Å². The highest BCUT2D eigenvalue weighted by atomic mass is 16.2. The van der Waals surface area contributed by atoms with E-state index in [4.69, 9.17) is 5.73 Å². The summed E-state index contributed by atoms with van der Waals surface area (Å²) in [5.74, 6) is -0.0574. The molecular weight excluding hydrogens is 228 g/mol. The van der Waals surface area contributed by atoms with Crippen molar-refractivity contribution in [2.45, 2.75) is 44.1 Å². The van der Waals surface area contributed by atoms with Crippen molar-refractivity contribution in [3.63, 3.8) is 0 Å². The summed E-state index contributed by atoms with van der Waals surface area (Å²) >= 11 is 0. The number of hydrogen-bond acceptors (Lipinski definition) is 4. The Morgan fingerprint density at radius 3 is 2.67 bits per heavy atom. The Kier molecular flexibility index (Phi) is 6.10. The van der Waals surface area contributed by atoms with Crippen molar-refractivity contribution >= 4 is 5.91 Å². The molecule has 0 saturated heterocycles. The molecule has 0 aromatic heterocycles. The summed E-state index contributed by atoms with van der Waals surface area (Å²) in [6.45, 7) is 1.78. The van der Waals surface area contributed by atoms with Gasteiger partial charge in [0.25, 0.3) is 0 Å². The minimum atomic E-state index is -0.621. The standard InChI is InChI=1S/C13H24N4O/c1-17(9-5-8-14)10-12(18)16-13(11-15)6-3-2-4-7-13/h2-10,14H2,1H3,(H,16,18). The third-order valence-corrected chi connectivity index (χ3v) is 3.46. The van der Waals surface area contributed by atoms with Gasteiger partial charge in [0.1, 0.15) is 5.54 Å². The van der Waals surface area contributed by atoms with Crippen LogP contribution in [0, 0.1) is 11.3 Å². The lowest BCUT2D eigenvalue weighted by atomic mass is 9.83. The lowest BCUT2D eigenvalue weighted by Crippen LogP contribution is -2.51. The van der Waals surface area contributed by atoms with Crippen LogP contribution in [0.2, 0.25) is 0 Å². The molecule has 1 amide bonds. The fourth-order valence-corrected chi connectivity index (χ4v) is 2.41. The number of rotatable bonds is 6. The molecule has 18 heavy (non-hydrogen) atoms. The van der Waals surface area contributed by atoms with Crippen molar-refractivity contribution in [3.8, 4) is 6.07 Å². The maximum Gasteiger partial charge on any atom is 0.235 e. The molecule has 0 aromatic rings. The largest absolute Gasteiger partial charge is 0.337 e. The molecule has 1 aliphatic rings. The van der Waals surface area contributed by atoms with Gasteiger partial charge >= 0.3 is 0 Å². The molecule has 5 heteroatoms. The maximum atomic E-state index is 11.9. The zero-order valence-corrected chi connectivity index (χ0v) is 11.2. The highest BCUT2D eigenvalue weighted by Crippen LogP contribution is 2.27. The molecule has 0 bridgehead atoms. The van der Waals surface area contributed by atoms with Gasteiger partial charge in [0.2, 0.25) is 5.91 Å². The minimum absolute atomic E-state index is 0.0574.